The fraction of sp³-hybridized carbons (Fsp3) is 0.714. The molecule has 0 fully saturated rings. The molecule has 1 aromatic rings. The molecule has 2 nitrogen and oxygen atoms in total. The van der Waals surface area contributed by atoms with Gasteiger partial charge in [0.05, 0.1) is 0 Å². The third kappa shape index (κ3) is 3.54. The van der Waals surface area contributed by atoms with Gasteiger partial charge in [-0.25, -0.2) is 0 Å². The minimum Gasteiger partial charge on any atom is -0.312 e. The molecule has 0 aromatic carbocycles. The summed E-state index contributed by atoms with van der Waals surface area (Å²) in [4.78, 5) is 3.87. The Bertz CT molecular complexity index is 346. The van der Waals surface area contributed by atoms with E-state index in [4.69, 9.17) is 0 Å². The van der Waals surface area contributed by atoms with Gasteiger partial charge in [0.2, 0.25) is 0 Å². The van der Waals surface area contributed by atoms with Crippen LogP contribution in [0.5, 0.6) is 0 Å². The number of likely N-dealkylation sites (N-methyl/N-ethyl adjacent to an activating group) is 1. The van der Waals surface area contributed by atoms with Crippen LogP contribution in [-0.4, -0.2) is 38.1 Å². The highest BCUT2D eigenvalue weighted by atomic mass is 32.1. The molecule has 0 bridgehead atoms. The van der Waals surface area contributed by atoms with Crippen molar-refractivity contribution in [2.75, 3.05) is 27.2 Å². The van der Waals surface area contributed by atoms with Crippen LogP contribution in [0.25, 0.3) is 0 Å². The molecule has 1 aliphatic rings. The predicted octanol–water partition coefficient (Wildman–Crippen LogP) is 2.71. The minimum atomic E-state index is 0.578. The van der Waals surface area contributed by atoms with E-state index >= 15 is 0 Å². The first kappa shape index (κ1) is 13.1. The predicted molar refractivity (Wildman–Crippen MR) is 76.0 cm³/mol. The summed E-state index contributed by atoms with van der Waals surface area (Å²) in [7, 11) is 4.27. The lowest BCUT2D eigenvalue weighted by Gasteiger charge is -2.26. The van der Waals surface area contributed by atoms with E-state index in [0.29, 0.717) is 6.04 Å². The summed E-state index contributed by atoms with van der Waals surface area (Å²) in [5, 5.41) is 5.93. The number of nitrogens with one attached hydrogen (secondary N) is 1. The van der Waals surface area contributed by atoms with Crippen LogP contribution in [0.1, 0.15) is 36.1 Å². The Labute approximate surface area is 109 Å². The first-order valence-corrected chi connectivity index (χ1v) is 7.49. The van der Waals surface area contributed by atoms with E-state index in [-0.39, 0.29) is 0 Å². The third-order valence-corrected chi connectivity index (χ3v) is 4.52. The molecule has 1 aromatic heterocycles. The number of nitrogens with zero attached hydrogens (tertiary/aromatic N) is 1. The number of rotatable bonds is 5. The molecule has 1 aliphatic carbocycles. The molecule has 2 rings (SSSR count). The highest BCUT2D eigenvalue weighted by molar-refractivity contribution is 7.10. The average Bonchev–Trinajstić information content (AvgIpc) is 2.73. The fourth-order valence-electron chi connectivity index (χ4n) is 2.75. The van der Waals surface area contributed by atoms with Gasteiger partial charge in [0.25, 0.3) is 0 Å². The van der Waals surface area contributed by atoms with Gasteiger partial charge in [0, 0.05) is 24.0 Å². The fourth-order valence-corrected chi connectivity index (χ4v) is 3.76. The zero-order chi connectivity index (χ0) is 12.3. The Morgan fingerprint density at radius 1 is 1.53 bits per heavy atom. The van der Waals surface area contributed by atoms with Crippen LogP contribution in [-0.2, 0) is 6.42 Å². The quantitative estimate of drug-likeness (QED) is 0.867. The van der Waals surface area contributed by atoms with E-state index in [1.54, 1.807) is 10.4 Å². The second-order valence-electron chi connectivity index (χ2n) is 5.46. The van der Waals surface area contributed by atoms with Crippen LogP contribution in [0.4, 0.5) is 0 Å². The summed E-state index contributed by atoms with van der Waals surface area (Å²) in [5.74, 6) is 0.745. The topological polar surface area (TPSA) is 15.3 Å². The molecule has 17 heavy (non-hydrogen) atoms. The summed E-state index contributed by atoms with van der Waals surface area (Å²) < 4.78 is 0. The maximum Gasteiger partial charge on any atom is 0.0166 e. The molecule has 2 unspecified atom stereocenters. The van der Waals surface area contributed by atoms with E-state index in [1.807, 2.05) is 11.3 Å². The largest absolute Gasteiger partial charge is 0.312 e. The number of hydrogen-bond donors (Lipinski definition) is 1. The van der Waals surface area contributed by atoms with Crippen LogP contribution >= 0.6 is 11.3 Å². The zero-order valence-electron chi connectivity index (χ0n) is 11.2. The number of thiophene rings is 1. The Morgan fingerprint density at radius 2 is 2.35 bits per heavy atom. The summed E-state index contributed by atoms with van der Waals surface area (Å²) in [6, 6.07) is 2.91. The molecular formula is C14H24N2S. The molecule has 96 valence electrons. The van der Waals surface area contributed by atoms with Crippen molar-refractivity contribution in [3.63, 3.8) is 0 Å². The van der Waals surface area contributed by atoms with Crippen LogP contribution in [0.2, 0.25) is 0 Å². The Balaban J connectivity index is 1.85. The van der Waals surface area contributed by atoms with E-state index in [0.717, 1.165) is 19.0 Å². The number of hydrogen-bond acceptors (Lipinski definition) is 3. The van der Waals surface area contributed by atoms with Crippen molar-refractivity contribution < 1.29 is 0 Å². The van der Waals surface area contributed by atoms with Crippen molar-refractivity contribution >= 4 is 11.3 Å². The lowest BCUT2D eigenvalue weighted by Crippen LogP contribution is -2.38. The van der Waals surface area contributed by atoms with Gasteiger partial charge in [-0.3, -0.25) is 0 Å². The van der Waals surface area contributed by atoms with E-state index < -0.39 is 0 Å². The van der Waals surface area contributed by atoms with Gasteiger partial charge >= 0.3 is 0 Å². The van der Waals surface area contributed by atoms with Crippen LogP contribution in [0.3, 0.4) is 0 Å². The molecule has 0 radical (unpaired) electrons. The molecule has 0 saturated heterocycles. The van der Waals surface area contributed by atoms with Gasteiger partial charge in [-0.15, -0.1) is 11.3 Å². The Morgan fingerprint density at radius 3 is 3.12 bits per heavy atom. The summed E-state index contributed by atoms with van der Waals surface area (Å²) in [6.45, 7) is 4.53. The van der Waals surface area contributed by atoms with Crippen molar-refractivity contribution in [2.45, 2.75) is 38.1 Å². The van der Waals surface area contributed by atoms with Crippen molar-refractivity contribution in [1.82, 2.24) is 10.2 Å². The summed E-state index contributed by atoms with van der Waals surface area (Å²) >= 11 is 1.94. The smallest absolute Gasteiger partial charge is 0.0166 e. The van der Waals surface area contributed by atoms with Crippen molar-refractivity contribution in [1.29, 1.82) is 0 Å². The molecular weight excluding hydrogens is 228 g/mol. The maximum absolute atomic E-state index is 3.68. The minimum absolute atomic E-state index is 0.578. The van der Waals surface area contributed by atoms with Gasteiger partial charge in [-0.2, -0.15) is 0 Å². The van der Waals surface area contributed by atoms with Gasteiger partial charge in [-0.05, 0) is 63.2 Å². The van der Waals surface area contributed by atoms with Crippen molar-refractivity contribution in [3.8, 4) is 0 Å². The monoisotopic (exact) mass is 252 g/mol. The average molecular weight is 252 g/mol. The van der Waals surface area contributed by atoms with Gasteiger partial charge in [0.15, 0.2) is 0 Å². The molecule has 0 spiro atoms. The molecule has 3 heteroatoms. The third-order valence-electron chi connectivity index (χ3n) is 3.53. The number of fused-ring (bicyclic) bond motifs is 1. The maximum atomic E-state index is 3.68. The molecule has 0 amide bonds. The van der Waals surface area contributed by atoms with E-state index in [2.05, 4.69) is 42.7 Å². The van der Waals surface area contributed by atoms with Gasteiger partial charge in [0.1, 0.15) is 0 Å². The lowest BCUT2D eigenvalue weighted by molar-refractivity contribution is 0.342. The van der Waals surface area contributed by atoms with Crippen LogP contribution in [0.15, 0.2) is 11.4 Å². The van der Waals surface area contributed by atoms with Crippen LogP contribution in [0, 0.1) is 0 Å². The molecule has 1 heterocycles. The van der Waals surface area contributed by atoms with Gasteiger partial charge in [-0.1, -0.05) is 0 Å². The summed E-state index contributed by atoms with van der Waals surface area (Å²) in [5.41, 5.74) is 1.62. The molecule has 2 atom stereocenters. The Kier molecular flexibility index (Phi) is 4.60. The van der Waals surface area contributed by atoms with Gasteiger partial charge < -0.3 is 10.2 Å². The molecule has 0 aliphatic heterocycles. The zero-order valence-corrected chi connectivity index (χ0v) is 12.0. The van der Waals surface area contributed by atoms with Crippen LogP contribution < -0.4 is 5.32 Å². The standard InChI is InChI=1S/C14H24N2S/c1-11(10-16(2)3)15-9-12-5-4-6-14-13(12)7-8-17-14/h7-8,11-12,15H,4-6,9-10H2,1-3H3. The highest BCUT2D eigenvalue weighted by Crippen LogP contribution is 2.34. The summed E-state index contributed by atoms with van der Waals surface area (Å²) in [6.07, 6.45) is 4.02. The van der Waals surface area contributed by atoms with E-state index in [1.165, 1.54) is 19.3 Å². The van der Waals surface area contributed by atoms with Crippen molar-refractivity contribution in [2.24, 2.45) is 0 Å². The van der Waals surface area contributed by atoms with Crippen molar-refractivity contribution in [3.05, 3.63) is 21.9 Å². The highest BCUT2D eigenvalue weighted by Gasteiger charge is 2.21. The first-order chi connectivity index (χ1) is 8.16. The first-order valence-electron chi connectivity index (χ1n) is 6.61. The number of aryl methyl sites for hydroxylation is 1. The van der Waals surface area contributed by atoms with E-state index in [9.17, 15) is 0 Å². The normalized spacial score (nSPS) is 21.5. The second-order valence-corrected chi connectivity index (χ2v) is 6.46. The second kappa shape index (κ2) is 5.98. The molecule has 1 N–H and O–H groups in total. The Hall–Kier alpha value is -0.380. The molecule has 0 saturated carbocycles. The lowest BCUT2D eigenvalue weighted by atomic mass is 9.87. The SMILES string of the molecule is CC(CN(C)C)NCC1CCCc2sccc21.